The number of rotatable bonds is 5. The van der Waals surface area contributed by atoms with Crippen LogP contribution in [0.5, 0.6) is 17.2 Å². The molecule has 0 spiro atoms. The molecule has 10 nitrogen and oxygen atoms in total. The van der Waals surface area contributed by atoms with Gasteiger partial charge in [0.1, 0.15) is 42.0 Å². The summed E-state index contributed by atoms with van der Waals surface area (Å²) in [6.45, 7) is -0.582. The molecule has 5 N–H and O–H groups in total. The molecule has 2 heterocycles. The fourth-order valence-corrected chi connectivity index (χ4v) is 3.54. The number of ether oxygens (including phenoxy) is 3. The van der Waals surface area contributed by atoms with Crippen molar-refractivity contribution < 1.29 is 44.2 Å². The Kier molecular flexibility index (Phi) is 6.04. The highest BCUT2D eigenvalue weighted by Gasteiger charge is 2.44. The molecule has 10 heteroatoms. The molecular weight excluding hydrogens is 424 g/mol. The maximum Gasteiger partial charge on any atom is 0.229 e. The van der Waals surface area contributed by atoms with E-state index in [1.807, 2.05) is 0 Å². The maximum absolute atomic E-state index is 12.9. The Morgan fingerprint density at radius 2 is 1.81 bits per heavy atom. The van der Waals surface area contributed by atoms with Gasteiger partial charge in [0.25, 0.3) is 0 Å². The van der Waals surface area contributed by atoms with Gasteiger partial charge in [-0.1, -0.05) is 6.07 Å². The van der Waals surface area contributed by atoms with Gasteiger partial charge in [0.05, 0.1) is 24.7 Å². The van der Waals surface area contributed by atoms with E-state index in [4.69, 9.17) is 18.6 Å². The summed E-state index contributed by atoms with van der Waals surface area (Å²) in [5, 5.41) is 49.4. The molecule has 32 heavy (non-hydrogen) atoms. The summed E-state index contributed by atoms with van der Waals surface area (Å²) in [5.74, 6) is 0.321. The largest absolute Gasteiger partial charge is 0.504 e. The van der Waals surface area contributed by atoms with Gasteiger partial charge in [0, 0.05) is 6.07 Å². The summed E-state index contributed by atoms with van der Waals surface area (Å²) in [7, 11) is 1.42. The maximum atomic E-state index is 12.9. The van der Waals surface area contributed by atoms with Crippen LogP contribution in [0, 0.1) is 0 Å². The van der Waals surface area contributed by atoms with Crippen LogP contribution in [0.4, 0.5) is 0 Å². The Morgan fingerprint density at radius 1 is 1.03 bits per heavy atom. The van der Waals surface area contributed by atoms with E-state index in [0.717, 1.165) is 0 Å². The number of hydrogen-bond donors (Lipinski definition) is 5. The molecule has 5 atom stereocenters. The summed E-state index contributed by atoms with van der Waals surface area (Å²) >= 11 is 0. The van der Waals surface area contributed by atoms with Crippen LogP contribution in [-0.2, 0) is 4.74 Å². The predicted octanol–water partition coefficient (Wildman–Crippen LogP) is 0.353. The average Bonchev–Trinajstić information content (AvgIpc) is 2.79. The van der Waals surface area contributed by atoms with Gasteiger partial charge in [-0.3, -0.25) is 4.79 Å². The van der Waals surface area contributed by atoms with Crippen LogP contribution in [0.1, 0.15) is 0 Å². The number of aliphatic hydroxyl groups excluding tert-OH is 4. The van der Waals surface area contributed by atoms with Gasteiger partial charge in [-0.15, -0.1) is 0 Å². The summed E-state index contributed by atoms with van der Waals surface area (Å²) < 4.78 is 21.5. The molecule has 170 valence electrons. The molecule has 1 saturated heterocycles. The van der Waals surface area contributed by atoms with Crippen molar-refractivity contribution in [2.45, 2.75) is 30.7 Å². The van der Waals surface area contributed by atoms with E-state index in [1.165, 1.54) is 43.7 Å². The van der Waals surface area contributed by atoms with E-state index < -0.39 is 37.3 Å². The molecule has 0 radical (unpaired) electrons. The number of aromatic hydroxyl groups is 1. The van der Waals surface area contributed by atoms with Crippen molar-refractivity contribution >= 4 is 11.0 Å². The number of methoxy groups -OCH3 is 1. The second-order valence-corrected chi connectivity index (χ2v) is 7.34. The van der Waals surface area contributed by atoms with E-state index in [2.05, 4.69) is 0 Å². The van der Waals surface area contributed by atoms with E-state index >= 15 is 0 Å². The zero-order valence-electron chi connectivity index (χ0n) is 16.9. The lowest BCUT2D eigenvalue weighted by atomic mass is 9.99. The smallest absolute Gasteiger partial charge is 0.229 e. The van der Waals surface area contributed by atoms with Crippen molar-refractivity contribution in [3.63, 3.8) is 0 Å². The summed E-state index contributed by atoms with van der Waals surface area (Å²) in [6, 6.07) is 8.88. The van der Waals surface area contributed by atoms with Gasteiger partial charge in [-0.2, -0.15) is 0 Å². The molecule has 0 bridgehead atoms. The quantitative estimate of drug-likeness (QED) is 0.370. The van der Waals surface area contributed by atoms with E-state index in [1.54, 1.807) is 6.07 Å². The molecule has 1 aromatic heterocycles. The molecule has 1 fully saturated rings. The third-order valence-electron chi connectivity index (χ3n) is 5.34. The molecule has 1 aliphatic rings. The Labute approximate surface area is 181 Å². The number of fused-ring (bicyclic) bond motifs is 1. The zero-order valence-corrected chi connectivity index (χ0v) is 16.9. The summed E-state index contributed by atoms with van der Waals surface area (Å²) in [4.78, 5) is 12.9. The lowest BCUT2D eigenvalue weighted by Crippen LogP contribution is -2.60. The molecule has 2 aromatic carbocycles. The molecule has 3 aromatic rings. The highest BCUT2D eigenvalue weighted by Crippen LogP contribution is 2.32. The van der Waals surface area contributed by atoms with Gasteiger partial charge in [0.15, 0.2) is 16.9 Å². The minimum atomic E-state index is -1.58. The minimum absolute atomic E-state index is 0.118. The minimum Gasteiger partial charge on any atom is -0.504 e. The van der Waals surface area contributed by atoms with E-state index in [9.17, 15) is 30.3 Å². The molecule has 0 amide bonds. The van der Waals surface area contributed by atoms with Crippen molar-refractivity contribution in [3.8, 4) is 28.4 Å². The van der Waals surface area contributed by atoms with Crippen LogP contribution in [0.2, 0.25) is 0 Å². The van der Waals surface area contributed by atoms with E-state index in [-0.39, 0.29) is 39.2 Å². The Balaban J connectivity index is 1.62. The predicted molar refractivity (Wildman–Crippen MR) is 111 cm³/mol. The lowest BCUT2D eigenvalue weighted by molar-refractivity contribution is -0.277. The first-order valence-electron chi connectivity index (χ1n) is 9.74. The van der Waals surface area contributed by atoms with Crippen molar-refractivity contribution in [1.82, 2.24) is 0 Å². The number of hydrogen-bond acceptors (Lipinski definition) is 10. The van der Waals surface area contributed by atoms with E-state index in [0.29, 0.717) is 5.56 Å². The fourth-order valence-electron chi connectivity index (χ4n) is 3.54. The fraction of sp³-hybridized carbons (Fsp3) is 0.318. The van der Waals surface area contributed by atoms with Crippen LogP contribution in [0.15, 0.2) is 51.9 Å². The van der Waals surface area contributed by atoms with Crippen molar-refractivity contribution in [3.05, 3.63) is 52.9 Å². The first kappa shape index (κ1) is 22.1. The number of phenols is 1. The average molecular weight is 446 g/mol. The first-order chi connectivity index (χ1) is 15.3. The molecular formula is C22H22O10. The number of phenolic OH excluding ortho intramolecular Hbond substituents is 1. The van der Waals surface area contributed by atoms with Crippen molar-refractivity contribution in [2.24, 2.45) is 0 Å². The Bertz CT molecular complexity index is 1170. The van der Waals surface area contributed by atoms with Gasteiger partial charge < -0.3 is 44.2 Å². The first-order valence-corrected chi connectivity index (χ1v) is 9.74. The second kappa shape index (κ2) is 8.77. The topological polar surface area (TPSA) is 159 Å². The van der Waals surface area contributed by atoms with Gasteiger partial charge in [-0.25, -0.2) is 0 Å². The highest BCUT2D eigenvalue weighted by molar-refractivity contribution is 5.83. The standard InChI is InChI=1S/C22H22O10/c1-29-15-5-2-10(6-14(15)24)13-9-30-16-7-11(3-4-12(16)18(13)25)31-22-21(28)20(27)19(26)17(8-23)32-22/h2-7,9,17,19-24,26-28H,8H2,1H3/t17?,19-,20-,21?,22+/m0/s1. The monoisotopic (exact) mass is 446 g/mol. The van der Waals surface area contributed by atoms with Crippen LogP contribution in [-0.4, -0.2) is 70.0 Å². The normalized spacial score (nSPS) is 25.6. The molecule has 0 aliphatic carbocycles. The molecule has 2 unspecified atom stereocenters. The van der Waals surface area contributed by atoms with Gasteiger partial charge in [-0.05, 0) is 29.8 Å². The highest BCUT2D eigenvalue weighted by atomic mass is 16.7. The third kappa shape index (κ3) is 3.90. The SMILES string of the molecule is COc1ccc(-c2coc3cc(O[C@@H]4OC(CO)[C@H](O)[C@H](O)C4O)ccc3c2=O)cc1O. The summed E-state index contributed by atoms with van der Waals surface area (Å²) in [6.07, 6.45) is -5.87. The molecule has 4 rings (SSSR count). The molecule has 1 aliphatic heterocycles. The van der Waals surface area contributed by atoms with Crippen molar-refractivity contribution in [1.29, 1.82) is 0 Å². The van der Waals surface area contributed by atoms with Crippen molar-refractivity contribution in [2.75, 3.05) is 13.7 Å². The Hall–Kier alpha value is -3.15. The third-order valence-corrected chi connectivity index (χ3v) is 5.34. The van der Waals surface area contributed by atoms with Gasteiger partial charge in [0.2, 0.25) is 6.29 Å². The Morgan fingerprint density at radius 3 is 2.50 bits per heavy atom. The van der Waals surface area contributed by atoms with Crippen LogP contribution in [0.25, 0.3) is 22.1 Å². The van der Waals surface area contributed by atoms with Crippen LogP contribution in [0.3, 0.4) is 0 Å². The lowest BCUT2D eigenvalue weighted by Gasteiger charge is -2.39. The van der Waals surface area contributed by atoms with Gasteiger partial charge >= 0.3 is 0 Å². The zero-order chi connectivity index (χ0) is 23.0. The number of aliphatic hydroxyl groups is 4. The number of benzene rings is 2. The summed E-state index contributed by atoms with van der Waals surface area (Å²) in [5.41, 5.74) is 0.535. The molecule has 0 saturated carbocycles. The van der Waals surface area contributed by atoms with Crippen LogP contribution >= 0.6 is 0 Å². The van der Waals surface area contributed by atoms with Crippen LogP contribution < -0.4 is 14.9 Å². The second-order valence-electron chi connectivity index (χ2n) is 7.34.